The number of benzene rings is 2. The monoisotopic (exact) mass is 354 g/mol. The molecule has 2 aromatic carbocycles. The Balaban J connectivity index is 1.69. The normalized spacial score (nSPS) is 13.5. The molecule has 1 unspecified atom stereocenters. The zero-order chi connectivity index (χ0) is 18.7. The van der Waals surface area contributed by atoms with Gasteiger partial charge in [-0.1, -0.05) is 6.07 Å². The van der Waals surface area contributed by atoms with Gasteiger partial charge in [0.1, 0.15) is 17.6 Å². The van der Waals surface area contributed by atoms with E-state index < -0.39 is 11.8 Å². The lowest BCUT2D eigenvalue weighted by Crippen LogP contribution is -2.31. The van der Waals surface area contributed by atoms with Crippen molar-refractivity contribution in [2.24, 2.45) is 0 Å². The number of halogens is 1. The molecule has 26 heavy (non-hydrogen) atoms. The first-order valence-electron chi connectivity index (χ1n) is 7.80. The van der Waals surface area contributed by atoms with Gasteiger partial charge in [0.2, 0.25) is 0 Å². The molecule has 1 heterocycles. The van der Waals surface area contributed by atoms with Gasteiger partial charge in [-0.15, -0.1) is 0 Å². The highest BCUT2D eigenvalue weighted by Crippen LogP contribution is 2.30. The van der Waals surface area contributed by atoms with Crippen LogP contribution in [0.2, 0.25) is 0 Å². The molecule has 3 amide bonds. The SMILES string of the molecule is CC(NC(=O)Nc1ccc(F)cc1C#N)c1ccc2c(c1)NC(=O)CO2. The quantitative estimate of drug-likeness (QED) is 0.788. The lowest BCUT2D eigenvalue weighted by molar-refractivity contribution is -0.118. The summed E-state index contributed by atoms with van der Waals surface area (Å²) in [5.41, 5.74) is 1.54. The van der Waals surface area contributed by atoms with Crippen LogP contribution >= 0.6 is 0 Å². The fraction of sp³-hybridized carbons (Fsp3) is 0.167. The Hall–Kier alpha value is -3.60. The molecule has 1 atom stereocenters. The topological polar surface area (TPSA) is 103 Å². The number of anilines is 2. The van der Waals surface area contributed by atoms with Crippen LogP contribution in [-0.4, -0.2) is 18.5 Å². The van der Waals surface area contributed by atoms with E-state index >= 15 is 0 Å². The summed E-state index contributed by atoms with van der Waals surface area (Å²) in [6, 6.07) is 9.64. The summed E-state index contributed by atoms with van der Waals surface area (Å²) in [7, 11) is 0. The number of rotatable bonds is 3. The average Bonchev–Trinajstić information content (AvgIpc) is 2.62. The minimum atomic E-state index is -0.556. The molecule has 1 aliphatic rings. The van der Waals surface area contributed by atoms with Crippen LogP contribution in [0.5, 0.6) is 5.75 Å². The number of amides is 3. The number of hydrogen-bond donors (Lipinski definition) is 3. The number of carbonyl (C=O) groups is 2. The molecule has 0 radical (unpaired) electrons. The van der Waals surface area contributed by atoms with Crippen LogP contribution in [0.25, 0.3) is 0 Å². The van der Waals surface area contributed by atoms with Gasteiger partial charge in [0.05, 0.1) is 23.0 Å². The molecule has 7 nitrogen and oxygen atoms in total. The van der Waals surface area contributed by atoms with Crippen molar-refractivity contribution in [3.05, 3.63) is 53.3 Å². The highest BCUT2D eigenvalue weighted by Gasteiger charge is 2.18. The second kappa shape index (κ2) is 7.11. The van der Waals surface area contributed by atoms with Crippen molar-refractivity contribution in [3.8, 4) is 11.8 Å². The predicted octanol–water partition coefficient (Wildman–Crippen LogP) is 2.91. The van der Waals surface area contributed by atoms with Crippen molar-refractivity contribution in [2.75, 3.05) is 17.2 Å². The molecule has 8 heteroatoms. The molecule has 3 rings (SSSR count). The first-order chi connectivity index (χ1) is 12.5. The number of nitriles is 1. The molecule has 1 aliphatic heterocycles. The molecule has 0 aliphatic carbocycles. The lowest BCUT2D eigenvalue weighted by atomic mass is 10.1. The molecule has 2 aromatic rings. The maximum Gasteiger partial charge on any atom is 0.319 e. The zero-order valence-electron chi connectivity index (χ0n) is 13.8. The Bertz CT molecular complexity index is 923. The van der Waals surface area contributed by atoms with Crippen LogP contribution in [-0.2, 0) is 4.79 Å². The van der Waals surface area contributed by atoms with Gasteiger partial charge >= 0.3 is 6.03 Å². The summed E-state index contributed by atoms with van der Waals surface area (Å²) < 4.78 is 18.4. The van der Waals surface area contributed by atoms with E-state index in [0.29, 0.717) is 11.4 Å². The molecule has 3 N–H and O–H groups in total. The molecule has 0 saturated heterocycles. The summed E-state index contributed by atoms with van der Waals surface area (Å²) in [6.07, 6.45) is 0. The number of nitrogens with zero attached hydrogens (tertiary/aromatic N) is 1. The van der Waals surface area contributed by atoms with E-state index in [0.717, 1.165) is 17.7 Å². The van der Waals surface area contributed by atoms with Crippen LogP contribution < -0.4 is 20.7 Å². The van der Waals surface area contributed by atoms with Gasteiger partial charge in [-0.3, -0.25) is 4.79 Å². The standard InChI is InChI=1S/C18H15FN4O3/c1-10(11-2-5-16-15(7-11)22-17(24)9-26-16)21-18(25)23-14-4-3-13(19)6-12(14)8-20/h2-7,10H,9H2,1H3,(H,22,24)(H2,21,23,25). The average molecular weight is 354 g/mol. The molecule has 0 aromatic heterocycles. The third kappa shape index (κ3) is 3.72. The summed E-state index contributed by atoms with van der Waals surface area (Å²) in [4.78, 5) is 23.6. The molecular weight excluding hydrogens is 339 g/mol. The number of ether oxygens (including phenoxy) is 1. The van der Waals surface area contributed by atoms with Gasteiger partial charge in [-0.05, 0) is 42.8 Å². The molecular formula is C18H15FN4O3. The second-order valence-electron chi connectivity index (χ2n) is 5.71. The van der Waals surface area contributed by atoms with Crippen molar-refractivity contribution in [1.29, 1.82) is 5.26 Å². The summed E-state index contributed by atoms with van der Waals surface area (Å²) in [5.74, 6) is -0.234. The van der Waals surface area contributed by atoms with E-state index in [-0.39, 0.29) is 29.8 Å². The number of nitrogens with one attached hydrogen (secondary N) is 3. The van der Waals surface area contributed by atoms with Crippen molar-refractivity contribution < 1.29 is 18.7 Å². The van der Waals surface area contributed by atoms with Crippen LogP contribution in [0.3, 0.4) is 0 Å². The molecule has 0 spiro atoms. The van der Waals surface area contributed by atoms with Crippen LogP contribution in [0.15, 0.2) is 36.4 Å². The second-order valence-corrected chi connectivity index (χ2v) is 5.71. The van der Waals surface area contributed by atoms with Crippen LogP contribution in [0.4, 0.5) is 20.6 Å². The highest BCUT2D eigenvalue weighted by atomic mass is 19.1. The van der Waals surface area contributed by atoms with E-state index in [9.17, 15) is 14.0 Å². The minimum Gasteiger partial charge on any atom is -0.482 e. The summed E-state index contributed by atoms with van der Waals surface area (Å²) in [6.45, 7) is 1.74. The number of hydrogen-bond acceptors (Lipinski definition) is 4. The predicted molar refractivity (Wildman–Crippen MR) is 92.3 cm³/mol. The van der Waals surface area contributed by atoms with Gasteiger partial charge in [0.15, 0.2) is 6.61 Å². The zero-order valence-corrected chi connectivity index (χ0v) is 13.8. The maximum absolute atomic E-state index is 13.1. The van der Waals surface area contributed by atoms with Gasteiger partial charge < -0.3 is 20.7 Å². The fourth-order valence-corrected chi connectivity index (χ4v) is 2.53. The van der Waals surface area contributed by atoms with Gasteiger partial charge in [0.25, 0.3) is 5.91 Å². The minimum absolute atomic E-state index is 0.0263. The molecule has 0 fully saturated rings. The first-order valence-corrected chi connectivity index (χ1v) is 7.80. The Kier molecular flexibility index (Phi) is 4.71. The molecule has 0 saturated carbocycles. The van der Waals surface area contributed by atoms with Gasteiger partial charge in [0, 0.05) is 0 Å². The lowest BCUT2D eigenvalue weighted by Gasteiger charge is -2.21. The van der Waals surface area contributed by atoms with Crippen molar-refractivity contribution in [1.82, 2.24) is 5.32 Å². The number of carbonyl (C=O) groups excluding carboxylic acids is 2. The number of urea groups is 1. The van der Waals surface area contributed by atoms with Gasteiger partial charge in [-0.25, -0.2) is 9.18 Å². The third-order valence-corrected chi connectivity index (χ3v) is 3.83. The first kappa shape index (κ1) is 17.2. The van der Waals surface area contributed by atoms with E-state index in [2.05, 4.69) is 16.0 Å². The highest BCUT2D eigenvalue weighted by molar-refractivity contribution is 5.95. The Morgan fingerprint density at radius 1 is 1.35 bits per heavy atom. The van der Waals surface area contributed by atoms with Crippen molar-refractivity contribution >= 4 is 23.3 Å². The van der Waals surface area contributed by atoms with E-state index in [1.54, 1.807) is 25.1 Å². The Labute approximate surface area is 148 Å². The van der Waals surface area contributed by atoms with Crippen LogP contribution in [0, 0.1) is 17.1 Å². The largest absolute Gasteiger partial charge is 0.482 e. The van der Waals surface area contributed by atoms with Crippen molar-refractivity contribution in [3.63, 3.8) is 0 Å². The number of fused-ring (bicyclic) bond motifs is 1. The van der Waals surface area contributed by atoms with Crippen molar-refractivity contribution in [2.45, 2.75) is 13.0 Å². The Morgan fingerprint density at radius 2 is 2.15 bits per heavy atom. The summed E-state index contributed by atoms with van der Waals surface area (Å²) >= 11 is 0. The third-order valence-electron chi connectivity index (χ3n) is 3.83. The van der Waals surface area contributed by atoms with E-state index in [1.165, 1.54) is 6.07 Å². The van der Waals surface area contributed by atoms with Gasteiger partial charge in [-0.2, -0.15) is 5.26 Å². The molecule has 132 valence electrons. The Morgan fingerprint density at radius 3 is 2.92 bits per heavy atom. The molecule has 0 bridgehead atoms. The smallest absolute Gasteiger partial charge is 0.319 e. The van der Waals surface area contributed by atoms with Crippen LogP contribution in [0.1, 0.15) is 24.1 Å². The summed E-state index contributed by atoms with van der Waals surface area (Å²) in [5, 5.41) is 17.0. The maximum atomic E-state index is 13.1. The van der Waals surface area contributed by atoms with E-state index in [1.807, 2.05) is 6.07 Å². The fourth-order valence-electron chi connectivity index (χ4n) is 2.53. The van der Waals surface area contributed by atoms with E-state index in [4.69, 9.17) is 10.00 Å².